The molecule has 1 fully saturated rings. The molecule has 5 N–H and O–H groups in total. The number of halogens is 1. The van der Waals surface area contributed by atoms with E-state index in [1.54, 1.807) is 12.1 Å². The lowest BCUT2D eigenvalue weighted by Gasteiger charge is -2.14. The zero-order valence-electron chi connectivity index (χ0n) is 11.4. The van der Waals surface area contributed by atoms with Gasteiger partial charge in [-0.3, -0.25) is 4.79 Å². The van der Waals surface area contributed by atoms with Crippen LogP contribution < -0.4 is 11.1 Å². The van der Waals surface area contributed by atoms with Crippen molar-refractivity contribution in [1.29, 1.82) is 0 Å². The number of benzene rings is 1. The summed E-state index contributed by atoms with van der Waals surface area (Å²) < 4.78 is 18.1. The Labute approximate surface area is 121 Å². The van der Waals surface area contributed by atoms with Crippen molar-refractivity contribution in [2.75, 3.05) is 6.54 Å². The van der Waals surface area contributed by atoms with Crippen molar-refractivity contribution >= 4 is 5.91 Å². The minimum atomic E-state index is -1.13. The summed E-state index contributed by atoms with van der Waals surface area (Å²) in [5, 5.41) is 22.1. The van der Waals surface area contributed by atoms with Crippen molar-refractivity contribution in [3.63, 3.8) is 0 Å². The molecule has 0 saturated carbocycles. The predicted molar refractivity (Wildman–Crippen MR) is 72.6 cm³/mol. The molecule has 0 bridgehead atoms. The van der Waals surface area contributed by atoms with E-state index in [0.29, 0.717) is 0 Å². The highest BCUT2D eigenvalue weighted by Crippen LogP contribution is 2.22. The van der Waals surface area contributed by atoms with Gasteiger partial charge in [0, 0.05) is 13.1 Å². The van der Waals surface area contributed by atoms with E-state index in [9.17, 15) is 19.4 Å². The standard InChI is InChI=1S/C14H19FN2O4/c15-9-3-1-8(2-4-9)7-17-12(18)5-10-13(19)14(20)11(6-16)21-10/h1-4,10-11,13-14,19-20H,5-7,16H2,(H,17,18)/t10-,11-,13+,14-/m1/s1. The number of carbonyl (C=O) groups is 1. The Balaban J connectivity index is 1.81. The number of hydrogen-bond acceptors (Lipinski definition) is 5. The van der Waals surface area contributed by atoms with Crippen LogP contribution in [-0.4, -0.2) is 47.1 Å². The van der Waals surface area contributed by atoms with Gasteiger partial charge in [-0.05, 0) is 17.7 Å². The largest absolute Gasteiger partial charge is 0.388 e. The Kier molecular flexibility index (Phi) is 5.24. The van der Waals surface area contributed by atoms with Gasteiger partial charge in [-0.1, -0.05) is 12.1 Å². The molecule has 116 valence electrons. The monoisotopic (exact) mass is 298 g/mol. The van der Waals surface area contributed by atoms with E-state index in [1.807, 2.05) is 0 Å². The van der Waals surface area contributed by atoms with E-state index >= 15 is 0 Å². The van der Waals surface area contributed by atoms with E-state index < -0.39 is 24.4 Å². The summed E-state index contributed by atoms with van der Waals surface area (Å²) in [7, 11) is 0. The number of nitrogens with two attached hydrogens (primary N) is 1. The van der Waals surface area contributed by atoms with Crippen molar-refractivity contribution in [2.45, 2.75) is 37.4 Å². The maximum Gasteiger partial charge on any atom is 0.222 e. The first-order valence-electron chi connectivity index (χ1n) is 6.74. The Morgan fingerprint density at radius 1 is 1.24 bits per heavy atom. The Morgan fingerprint density at radius 2 is 1.86 bits per heavy atom. The summed E-state index contributed by atoms with van der Waals surface area (Å²) in [6, 6.07) is 5.77. The van der Waals surface area contributed by atoms with Crippen molar-refractivity contribution in [3.8, 4) is 0 Å². The molecule has 1 saturated heterocycles. The topological polar surface area (TPSA) is 105 Å². The van der Waals surface area contributed by atoms with Crippen molar-refractivity contribution in [3.05, 3.63) is 35.6 Å². The van der Waals surface area contributed by atoms with Crippen LogP contribution in [0.5, 0.6) is 0 Å². The molecule has 1 aromatic rings. The van der Waals surface area contributed by atoms with Gasteiger partial charge in [-0.25, -0.2) is 4.39 Å². The number of aliphatic hydroxyl groups is 2. The molecule has 1 aliphatic heterocycles. The number of amides is 1. The smallest absolute Gasteiger partial charge is 0.222 e. The first-order chi connectivity index (χ1) is 10.0. The number of rotatable bonds is 5. The molecule has 0 aromatic heterocycles. The van der Waals surface area contributed by atoms with Crippen LogP contribution in [0.4, 0.5) is 4.39 Å². The molecule has 1 heterocycles. The van der Waals surface area contributed by atoms with Gasteiger partial charge in [0.1, 0.15) is 18.0 Å². The number of carbonyl (C=O) groups excluding carboxylic acids is 1. The zero-order chi connectivity index (χ0) is 15.4. The summed E-state index contributed by atoms with van der Waals surface area (Å²) in [4.78, 5) is 11.8. The first-order valence-corrected chi connectivity index (χ1v) is 6.74. The predicted octanol–water partition coefficient (Wildman–Crippen LogP) is -0.720. The van der Waals surface area contributed by atoms with E-state index in [2.05, 4.69) is 5.32 Å². The molecular formula is C14H19FN2O4. The fourth-order valence-corrected chi connectivity index (χ4v) is 2.25. The average Bonchev–Trinajstić information content (AvgIpc) is 2.74. The van der Waals surface area contributed by atoms with Gasteiger partial charge in [0.2, 0.25) is 5.91 Å². The van der Waals surface area contributed by atoms with Gasteiger partial charge >= 0.3 is 0 Å². The third-order valence-electron chi connectivity index (χ3n) is 3.48. The molecule has 1 amide bonds. The molecule has 0 spiro atoms. The highest BCUT2D eigenvalue weighted by atomic mass is 19.1. The maximum atomic E-state index is 12.7. The Morgan fingerprint density at radius 3 is 2.43 bits per heavy atom. The third kappa shape index (κ3) is 3.98. The first kappa shape index (κ1) is 15.8. The quantitative estimate of drug-likeness (QED) is 0.574. The Hall–Kier alpha value is -1.54. The highest BCUT2D eigenvalue weighted by molar-refractivity contribution is 5.76. The molecule has 1 aromatic carbocycles. The van der Waals surface area contributed by atoms with E-state index in [0.717, 1.165) is 5.56 Å². The lowest BCUT2D eigenvalue weighted by atomic mass is 10.1. The molecule has 0 unspecified atom stereocenters. The summed E-state index contributed by atoms with van der Waals surface area (Å²) in [5.74, 6) is -0.664. The highest BCUT2D eigenvalue weighted by Gasteiger charge is 2.42. The van der Waals surface area contributed by atoms with Crippen LogP contribution >= 0.6 is 0 Å². The molecule has 7 heteroatoms. The molecule has 0 radical (unpaired) electrons. The fourth-order valence-electron chi connectivity index (χ4n) is 2.25. The van der Waals surface area contributed by atoms with Gasteiger partial charge in [-0.15, -0.1) is 0 Å². The lowest BCUT2D eigenvalue weighted by Crippen LogP contribution is -2.37. The number of aliphatic hydroxyl groups excluding tert-OH is 2. The minimum absolute atomic E-state index is 0.0735. The van der Waals surface area contributed by atoms with Gasteiger partial charge in [0.05, 0.1) is 18.6 Å². The second kappa shape index (κ2) is 6.95. The van der Waals surface area contributed by atoms with Gasteiger partial charge in [0.15, 0.2) is 0 Å². The van der Waals surface area contributed by atoms with Crippen LogP contribution in [0, 0.1) is 5.82 Å². The van der Waals surface area contributed by atoms with E-state index in [-0.39, 0.29) is 31.2 Å². The lowest BCUT2D eigenvalue weighted by molar-refractivity contribution is -0.125. The third-order valence-corrected chi connectivity index (χ3v) is 3.48. The molecule has 6 nitrogen and oxygen atoms in total. The van der Waals surface area contributed by atoms with E-state index in [1.165, 1.54) is 12.1 Å². The maximum absolute atomic E-state index is 12.7. The average molecular weight is 298 g/mol. The summed E-state index contributed by atoms with van der Waals surface area (Å²) in [5.41, 5.74) is 6.16. The molecular weight excluding hydrogens is 279 g/mol. The molecule has 4 atom stereocenters. The number of ether oxygens (including phenoxy) is 1. The van der Waals surface area contributed by atoms with Crippen LogP contribution in [-0.2, 0) is 16.1 Å². The minimum Gasteiger partial charge on any atom is -0.388 e. The van der Waals surface area contributed by atoms with Gasteiger partial charge in [-0.2, -0.15) is 0 Å². The second-order valence-electron chi connectivity index (χ2n) is 5.04. The molecule has 0 aliphatic carbocycles. The van der Waals surface area contributed by atoms with Crippen molar-refractivity contribution in [2.24, 2.45) is 5.73 Å². The zero-order valence-corrected chi connectivity index (χ0v) is 11.4. The van der Waals surface area contributed by atoms with Crippen LogP contribution in [0.15, 0.2) is 24.3 Å². The normalized spacial score (nSPS) is 28.6. The summed E-state index contributed by atoms with van der Waals surface area (Å²) in [6.45, 7) is 0.330. The van der Waals surface area contributed by atoms with Crippen molar-refractivity contribution in [1.82, 2.24) is 5.32 Å². The van der Waals surface area contributed by atoms with Crippen LogP contribution in [0.3, 0.4) is 0 Å². The van der Waals surface area contributed by atoms with Gasteiger partial charge in [0.25, 0.3) is 0 Å². The van der Waals surface area contributed by atoms with Gasteiger partial charge < -0.3 is 26.0 Å². The number of hydrogen-bond donors (Lipinski definition) is 4. The fraction of sp³-hybridized carbons (Fsp3) is 0.500. The number of nitrogens with one attached hydrogen (secondary N) is 1. The van der Waals surface area contributed by atoms with Crippen molar-refractivity contribution < 1.29 is 24.1 Å². The van der Waals surface area contributed by atoms with Crippen LogP contribution in [0.2, 0.25) is 0 Å². The van der Waals surface area contributed by atoms with E-state index in [4.69, 9.17) is 10.5 Å². The molecule has 1 aliphatic rings. The summed E-state index contributed by atoms with van der Waals surface area (Å²) >= 11 is 0. The Bertz CT molecular complexity index is 482. The second-order valence-corrected chi connectivity index (χ2v) is 5.04. The molecule has 21 heavy (non-hydrogen) atoms. The SMILES string of the molecule is NC[C@H]1O[C@H](CC(=O)NCc2ccc(F)cc2)[C@H](O)[C@@H]1O. The van der Waals surface area contributed by atoms with Crippen LogP contribution in [0.25, 0.3) is 0 Å². The molecule has 2 rings (SSSR count). The van der Waals surface area contributed by atoms with Crippen LogP contribution in [0.1, 0.15) is 12.0 Å². The summed E-state index contributed by atoms with van der Waals surface area (Å²) in [6.07, 6.45) is -3.72.